The van der Waals surface area contributed by atoms with Crippen molar-refractivity contribution in [1.82, 2.24) is 19.7 Å². The van der Waals surface area contributed by atoms with Crippen molar-refractivity contribution in [3.8, 4) is 5.69 Å². The lowest BCUT2D eigenvalue weighted by Gasteiger charge is -2.16. The van der Waals surface area contributed by atoms with Crippen molar-refractivity contribution >= 4 is 16.7 Å². The lowest BCUT2D eigenvalue weighted by molar-refractivity contribution is 0.0779. The number of para-hydroxylation sites is 1. The summed E-state index contributed by atoms with van der Waals surface area (Å²) in [5.41, 5.74) is 1.87. The molecular weight excluding hydrogens is 340 g/mol. The van der Waals surface area contributed by atoms with Gasteiger partial charge in [0.25, 0.3) is 11.5 Å². The van der Waals surface area contributed by atoms with Crippen LogP contribution in [0.4, 0.5) is 0 Å². The fraction of sp³-hybridized carbons (Fsp3) is 0.0952. The maximum atomic E-state index is 12.8. The molecule has 0 bridgehead atoms. The Balaban J connectivity index is 1.55. The van der Waals surface area contributed by atoms with Gasteiger partial charge in [-0.15, -0.1) is 0 Å². The van der Waals surface area contributed by atoms with Crippen molar-refractivity contribution < 1.29 is 4.79 Å². The summed E-state index contributed by atoms with van der Waals surface area (Å²) >= 11 is 0. The summed E-state index contributed by atoms with van der Waals surface area (Å²) in [5.74, 6) is -0.245. The number of benzene rings is 2. The molecule has 0 aliphatic carbocycles. The van der Waals surface area contributed by atoms with Gasteiger partial charge in [-0.25, -0.2) is 4.68 Å². The molecule has 0 spiro atoms. The van der Waals surface area contributed by atoms with Gasteiger partial charge < -0.3 is 9.88 Å². The average Bonchev–Trinajstić information content (AvgIpc) is 3.16. The highest BCUT2D eigenvalue weighted by Crippen LogP contribution is 2.13. The molecule has 0 aliphatic rings. The molecule has 2 aromatic heterocycles. The van der Waals surface area contributed by atoms with Gasteiger partial charge in [-0.3, -0.25) is 9.59 Å². The van der Waals surface area contributed by atoms with E-state index in [0.29, 0.717) is 11.9 Å². The first-order valence-electron chi connectivity index (χ1n) is 8.58. The summed E-state index contributed by atoms with van der Waals surface area (Å²) in [7, 11) is 1.70. The van der Waals surface area contributed by atoms with Gasteiger partial charge in [-0.05, 0) is 29.7 Å². The second-order valence-electron chi connectivity index (χ2n) is 6.39. The molecule has 4 aromatic rings. The number of nitrogens with one attached hydrogen (secondary N) is 1. The summed E-state index contributed by atoms with van der Waals surface area (Å²) in [5, 5.41) is 5.66. The minimum Gasteiger partial charge on any atom is -0.336 e. The summed E-state index contributed by atoms with van der Waals surface area (Å²) in [4.78, 5) is 29.2. The first kappa shape index (κ1) is 16.8. The Hall–Kier alpha value is -3.67. The number of amides is 1. The first-order valence-corrected chi connectivity index (χ1v) is 8.58. The minimum absolute atomic E-state index is 0.245. The molecule has 27 heavy (non-hydrogen) atoms. The molecule has 0 aliphatic heterocycles. The van der Waals surface area contributed by atoms with Crippen molar-refractivity contribution in [3.05, 3.63) is 94.7 Å². The van der Waals surface area contributed by atoms with Gasteiger partial charge in [-0.1, -0.05) is 36.4 Å². The van der Waals surface area contributed by atoms with Crippen LogP contribution in [-0.2, 0) is 6.54 Å². The molecule has 2 heterocycles. The number of carbonyl (C=O) groups is 1. The van der Waals surface area contributed by atoms with Crippen LogP contribution in [0.25, 0.3) is 16.5 Å². The Morgan fingerprint density at radius 3 is 2.67 bits per heavy atom. The first-order chi connectivity index (χ1) is 13.1. The van der Waals surface area contributed by atoms with Gasteiger partial charge in [-0.2, -0.15) is 5.10 Å². The van der Waals surface area contributed by atoms with E-state index in [4.69, 9.17) is 0 Å². The Morgan fingerprint density at radius 1 is 1.11 bits per heavy atom. The molecule has 1 amide bonds. The number of aromatic nitrogens is 3. The van der Waals surface area contributed by atoms with Crippen LogP contribution in [0.1, 0.15) is 16.1 Å². The molecule has 0 radical (unpaired) electrons. The number of fused-ring (bicyclic) bond motifs is 1. The van der Waals surface area contributed by atoms with E-state index in [1.807, 2.05) is 48.7 Å². The van der Waals surface area contributed by atoms with Gasteiger partial charge in [0, 0.05) is 30.7 Å². The number of H-pyrrole nitrogens is 1. The molecule has 0 saturated heterocycles. The Morgan fingerprint density at radius 2 is 1.85 bits per heavy atom. The van der Waals surface area contributed by atoms with Crippen molar-refractivity contribution in [2.75, 3.05) is 7.05 Å². The second kappa shape index (κ2) is 6.92. The fourth-order valence-electron chi connectivity index (χ4n) is 3.04. The number of hydrogen-bond donors (Lipinski definition) is 1. The van der Waals surface area contributed by atoms with Gasteiger partial charge >= 0.3 is 0 Å². The standard InChI is InChI=1S/C21H18N4O2/c1-24(13-15-12-22-25(14-15)17-8-3-2-4-9-17)21(27)19-11-16-7-5-6-10-18(16)20(26)23-19/h2-12,14H,13H2,1H3,(H,23,26). The van der Waals surface area contributed by atoms with Crippen LogP contribution < -0.4 is 5.56 Å². The topological polar surface area (TPSA) is 71.0 Å². The minimum atomic E-state index is -0.262. The largest absolute Gasteiger partial charge is 0.336 e. The molecular formula is C21H18N4O2. The smallest absolute Gasteiger partial charge is 0.270 e. The van der Waals surface area contributed by atoms with E-state index in [1.54, 1.807) is 41.0 Å². The zero-order valence-corrected chi connectivity index (χ0v) is 14.8. The Labute approximate surface area is 155 Å². The van der Waals surface area contributed by atoms with E-state index in [0.717, 1.165) is 16.6 Å². The van der Waals surface area contributed by atoms with E-state index in [9.17, 15) is 9.59 Å². The van der Waals surface area contributed by atoms with Crippen LogP contribution >= 0.6 is 0 Å². The quantitative estimate of drug-likeness (QED) is 0.610. The number of carbonyl (C=O) groups excluding carboxylic acids is 1. The maximum absolute atomic E-state index is 12.8. The molecule has 6 heteroatoms. The van der Waals surface area contributed by atoms with Crippen molar-refractivity contribution in [3.63, 3.8) is 0 Å². The third-order valence-electron chi connectivity index (χ3n) is 4.41. The average molecular weight is 358 g/mol. The molecule has 0 saturated carbocycles. The predicted octanol–water partition coefficient (Wildman–Crippen LogP) is 2.99. The third-order valence-corrected chi connectivity index (χ3v) is 4.41. The SMILES string of the molecule is CN(Cc1cnn(-c2ccccc2)c1)C(=O)c1cc2ccccc2c(=O)[nH]1. The van der Waals surface area contributed by atoms with E-state index in [2.05, 4.69) is 10.1 Å². The van der Waals surface area contributed by atoms with E-state index in [1.165, 1.54) is 0 Å². The predicted molar refractivity (Wildman–Crippen MR) is 104 cm³/mol. The zero-order valence-electron chi connectivity index (χ0n) is 14.8. The molecule has 0 fully saturated rings. The number of hydrogen-bond acceptors (Lipinski definition) is 3. The number of rotatable bonds is 4. The van der Waals surface area contributed by atoms with E-state index in [-0.39, 0.29) is 17.2 Å². The highest BCUT2D eigenvalue weighted by Gasteiger charge is 2.15. The van der Waals surface area contributed by atoms with Crippen LogP contribution in [-0.4, -0.2) is 32.6 Å². The molecule has 1 N–H and O–H groups in total. The molecule has 4 rings (SSSR count). The summed E-state index contributed by atoms with van der Waals surface area (Å²) in [6.07, 6.45) is 3.63. The molecule has 0 unspecified atom stereocenters. The van der Waals surface area contributed by atoms with Crippen molar-refractivity contribution in [2.45, 2.75) is 6.54 Å². The fourth-order valence-corrected chi connectivity index (χ4v) is 3.04. The summed E-state index contributed by atoms with van der Waals surface area (Å²) in [6, 6.07) is 18.7. The Bertz CT molecular complexity index is 1160. The molecule has 2 aromatic carbocycles. The Kier molecular flexibility index (Phi) is 4.30. The highest BCUT2D eigenvalue weighted by atomic mass is 16.2. The molecule has 134 valence electrons. The monoisotopic (exact) mass is 358 g/mol. The second-order valence-corrected chi connectivity index (χ2v) is 6.39. The van der Waals surface area contributed by atoms with Crippen molar-refractivity contribution in [1.29, 1.82) is 0 Å². The lowest BCUT2D eigenvalue weighted by atomic mass is 10.1. The number of pyridine rings is 1. The summed E-state index contributed by atoms with van der Waals surface area (Å²) in [6.45, 7) is 0.389. The van der Waals surface area contributed by atoms with E-state index < -0.39 is 0 Å². The van der Waals surface area contributed by atoms with Crippen LogP contribution in [0.2, 0.25) is 0 Å². The van der Waals surface area contributed by atoms with Crippen LogP contribution in [0.15, 0.2) is 77.9 Å². The maximum Gasteiger partial charge on any atom is 0.270 e. The third kappa shape index (κ3) is 3.37. The van der Waals surface area contributed by atoms with Crippen molar-refractivity contribution in [2.24, 2.45) is 0 Å². The van der Waals surface area contributed by atoms with Gasteiger partial charge in [0.1, 0.15) is 5.69 Å². The normalized spacial score (nSPS) is 10.9. The highest BCUT2D eigenvalue weighted by molar-refractivity contribution is 5.96. The van der Waals surface area contributed by atoms with Gasteiger partial charge in [0.05, 0.1) is 11.9 Å². The van der Waals surface area contributed by atoms with Crippen LogP contribution in [0.5, 0.6) is 0 Å². The van der Waals surface area contributed by atoms with E-state index >= 15 is 0 Å². The van der Waals surface area contributed by atoms with Crippen LogP contribution in [0.3, 0.4) is 0 Å². The number of nitrogens with zero attached hydrogens (tertiary/aromatic N) is 3. The molecule has 6 nitrogen and oxygen atoms in total. The molecule has 0 atom stereocenters. The van der Waals surface area contributed by atoms with Gasteiger partial charge in [0.2, 0.25) is 0 Å². The van der Waals surface area contributed by atoms with Gasteiger partial charge in [0.15, 0.2) is 0 Å². The zero-order chi connectivity index (χ0) is 18.8. The van der Waals surface area contributed by atoms with Crippen LogP contribution in [0, 0.1) is 0 Å². The number of aromatic amines is 1. The lowest BCUT2D eigenvalue weighted by Crippen LogP contribution is -2.28. The summed E-state index contributed by atoms with van der Waals surface area (Å²) < 4.78 is 1.77.